The number of halogens is 1. The zero-order valence-electron chi connectivity index (χ0n) is 28.7. The number of aromatic nitrogens is 2. The summed E-state index contributed by atoms with van der Waals surface area (Å²) in [6.07, 6.45) is 7.59. The van der Waals surface area contributed by atoms with Crippen molar-refractivity contribution >= 4 is 21.9 Å². The third kappa shape index (κ3) is 7.32. The minimum absolute atomic E-state index is 0.0691. The largest absolute Gasteiger partial charge is 0.451 e. The van der Waals surface area contributed by atoms with Gasteiger partial charge in [-0.3, -0.25) is 4.79 Å². The van der Waals surface area contributed by atoms with Crippen LogP contribution < -0.4 is 15.4 Å². The summed E-state index contributed by atoms with van der Waals surface area (Å²) in [5.74, 6) is 1.00. The highest BCUT2D eigenvalue weighted by molar-refractivity contribution is 7.86. The summed E-state index contributed by atoms with van der Waals surface area (Å²) in [4.78, 5) is 28.7. The maximum Gasteiger partial charge on any atom is 0.282 e. The summed E-state index contributed by atoms with van der Waals surface area (Å²) in [5, 5.41) is 0. The predicted molar refractivity (Wildman–Crippen MR) is 183 cm³/mol. The van der Waals surface area contributed by atoms with Gasteiger partial charge in [0.25, 0.3) is 16.1 Å². The van der Waals surface area contributed by atoms with E-state index in [0.717, 1.165) is 64.8 Å². The van der Waals surface area contributed by atoms with Gasteiger partial charge in [0.15, 0.2) is 11.6 Å². The van der Waals surface area contributed by atoms with Crippen molar-refractivity contribution in [1.82, 2.24) is 28.4 Å². The number of benzene rings is 1. The fourth-order valence-electron chi connectivity index (χ4n) is 8.13. The monoisotopic (exact) mass is 686 g/mol. The Morgan fingerprint density at radius 3 is 2.46 bits per heavy atom. The number of ether oxygens (including phenoxy) is 1. The van der Waals surface area contributed by atoms with Gasteiger partial charge in [-0.1, -0.05) is 0 Å². The molecule has 1 aromatic heterocycles. The number of amides is 1. The quantitative estimate of drug-likeness (QED) is 0.399. The van der Waals surface area contributed by atoms with Crippen LogP contribution in [0.1, 0.15) is 70.2 Å². The fourth-order valence-corrected chi connectivity index (χ4v) is 9.84. The molecule has 0 radical (unpaired) electrons. The average Bonchev–Trinajstić information content (AvgIpc) is 3.49. The number of nitrogens with zero attached hydrogens (tertiary/aromatic N) is 7. The molecule has 0 saturated carbocycles. The number of rotatable bonds is 10. The average molecular weight is 687 g/mol. The van der Waals surface area contributed by atoms with Crippen LogP contribution in [-0.2, 0) is 10.2 Å². The highest BCUT2D eigenvalue weighted by Gasteiger charge is 2.48. The number of carbonyl (C=O) groups is 1. The number of carbonyl (C=O) groups excluding carboxylic acids is 1. The lowest BCUT2D eigenvalue weighted by atomic mass is 9.72. The minimum Gasteiger partial charge on any atom is -0.451 e. The predicted octanol–water partition coefficient (Wildman–Crippen LogP) is 3.56. The number of nitrogens with two attached hydrogens (primary N) is 1. The number of likely N-dealkylation sites (tertiary alicyclic amines) is 1. The standard InChI is InChI=1S/C34H51FN8O4S/c1-24(2)43(25(3)4)33(44)29-16-27(35)7-8-30(29)47-31-17-37-23-38-32(31)40-13-9-26(19-40)18-39-21-34(22-39)10-14-41(15-11-34)48(45,46)42-12-5-6-28(36)20-42/h7-8,16-17,23-26,28H,5-6,9-15,18-22,36H2,1-4H3/t26-,28+/m0/s1. The van der Waals surface area contributed by atoms with Gasteiger partial charge in [0, 0.05) is 77.0 Å². The van der Waals surface area contributed by atoms with Gasteiger partial charge in [-0.05, 0) is 89.3 Å². The van der Waals surface area contributed by atoms with Crippen LogP contribution in [0.5, 0.6) is 11.5 Å². The molecule has 0 bridgehead atoms. The summed E-state index contributed by atoms with van der Waals surface area (Å²) in [7, 11) is -3.45. The lowest BCUT2D eigenvalue weighted by molar-refractivity contribution is -0.0413. The first-order valence-electron chi connectivity index (χ1n) is 17.4. The topological polar surface area (TPSA) is 128 Å². The van der Waals surface area contributed by atoms with Crippen LogP contribution in [0.3, 0.4) is 0 Å². The minimum atomic E-state index is -3.45. The molecule has 4 fully saturated rings. The molecule has 0 aliphatic carbocycles. The molecular formula is C34H51FN8O4S. The lowest BCUT2D eigenvalue weighted by Gasteiger charge is -2.54. The van der Waals surface area contributed by atoms with Crippen LogP contribution in [0.4, 0.5) is 10.2 Å². The van der Waals surface area contributed by atoms with Crippen molar-refractivity contribution in [3.8, 4) is 11.5 Å². The summed E-state index contributed by atoms with van der Waals surface area (Å²) in [6.45, 7) is 14.5. The van der Waals surface area contributed by atoms with E-state index in [-0.39, 0.29) is 40.8 Å². The smallest absolute Gasteiger partial charge is 0.282 e. The van der Waals surface area contributed by atoms with E-state index in [9.17, 15) is 17.6 Å². The Balaban J connectivity index is 1.04. The van der Waals surface area contributed by atoms with Gasteiger partial charge < -0.3 is 25.2 Å². The summed E-state index contributed by atoms with van der Waals surface area (Å²) < 4.78 is 50.4. The first kappa shape index (κ1) is 34.9. The van der Waals surface area contributed by atoms with Crippen molar-refractivity contribution in [3.05, 3.63) is 42.1 Å². The molecule has 6 rings (SSSR count). The van der Waals surface area contributed by atoms with E-state index < -0.39 is 16.0 Å². The maximum atomic E-state index is 14.4. The Bertz CT molecular complexity index is 1550. The van der Waals surface area contributed by atoms with E-state index in [1.807, 2.05) is 27.7 Å². The Morgan fingerprint density at radius 1 is 1.04 bits per heavy atom. The number of hydrogen-bond acceptors (Lipinski definition) is 9. The van der Waals surface area contributed by atoms with Crippen LogP contribution in [0.25, 0.3) is 0 Å². The van der Waals surface area contributed by atoms with E-state index in [4.69, 9.17) is 10.5 Å². The summed E-state index contributed by atoms with van der Waals surface area (Å²) >= 11 is 0. The van der Waals surface area contributed by atoms with Crippen molar-refractivity contribution in [2.45, 2.75) is 77.9 Å². The molecule has 14 heteroatoms. The summed E-state index contributed by atoms with van der Waals surface area (Å²) in [5.41, 5.74) is 6.42. The number of piperidine rings is 2. The van der Waals surface area contributed by atoms with Crippen LogP contribution in [0.15, 0.2) is 30.7 Å². The van der Waals surface area contributed by atoms with Gasteiger partial charge in [0.05, 0.1) is 11.8 Å². The lowest BCUT2D eigenvalue weighted by Crippen LogP contribution is -2.62. The Kier molecular flexibility index (Phi) is 10.3. The molecule has 4 saturated heterocycles. The van der Waals surface area contributed by atoms with Crippen molar-refractivity contribution in [1.29, 1.82) is 0 Å². The zero-order valence-corrected chi connectivity index (χ0v) is 29.5. The second-order valence-corrected chi connectivity index (χ2v) is 16.7. The molecule has 4 aliphatic heterocycles. The van der Waals surface area contributed by atoms with E-state index in [0.29, 0.717) is 43.7 Å². The third-order valence-electron chi connectivity index (χ3n) is 10.5. The second-order valence-electron chi connectivity index (χ2n) is 14.8. The number of anilines is 1. The molecule has 2 atom stereocenters. The highest BCUT2D eigenvalue weighted by atomic mass is 32.2. The van der Waals surface area contributed by atoms with Gasteiger partial charge in [0.1, 0.15) is 17.9 Å². The Morgan fingerprint density at radius 2 is 1.77 bits per heavy atom. The van der Waals surface area contributed by atoms with E-state index >= 15 is 0 Å². The van der Waals surface area contributed by atoms with E-state index in [1.165, 1.54) is 24.5 Å². The van der Waals surface area contributed by atoms with Crippen molar-refractivity contribution < 1.29 is 22.3 Å². The van der Waals surface area contributed by atoms with Gasteiger partial charge in [-0.2, -0.15) is 17.0 Å². The second kappa shape index (κ2) is 14.1. The first-order valence-corrected chi connectivity index (χ1v) is 18.8. The van der Waals surface area contributed by atoms with E-state index in [2.05, 4.69) is 19.8 Å². The van der Waals surface area contributed by atoms with Crippen LogP contribution >= 0.6 is 0 Å². The maximum absolute atomic E-state index is 14.4. The molecule has 1 aromatic carbocycles. The van der Waals surface area contributed by atoms with Gasteiger partial charge in [-0.25, -0.2) is 14.4 Å². The molecule has 48 heavy (non-hydrogen) atoms. The molecule has 5 heterocycles. The molecule has 4 aliphatic rings. The van der Waals surface area contributed by atoms with Gasteiger partial charge >= 0.3 is 0 Å². The van der Waals surface area contributed by atoms with Crippen LogP contribution in [0.2, 0.25) is 0 Å². The van der Waals surface area contributed by atoms with Crippen LogP contribution in [-0.4, -0.2) is 120 Å². The molecular weight excluding hydrogens is 635 g/mol. The Labute approximate surface area is 284 Å². The van der Waals surface area contributed by atoms with Gasteiger partial charge in [-0.15, -0.1) is 0 Å². The fraction of sp³-hybridized carbons (Fsp3) is 0.676. The van der Waals surface area contributed by atoms with Crippen molar-refractivity contribution in [3.63, 3.8) is 0 Å². The molecule has 2 N–H and O–H groups in total. The van der Waals surface area contributed by atoms with Crippen molar-refractivity contribution in [2.24, 2.45) is 17.1 Å². The molecule has 1 spiro atoms. The van der Waals surface area contributed by atoms with Crippen LogP contribution in [0, 0.1) is 17.2 Å². The molecule has 1 amide bonds. The summed E-state index contributed by atoms with van der Waals surface area (Å²) in [6, 6.07) is 3.81. The number of hydrogen-bond donors (Lipinski definition) is 1. The highest BCUT2D eigenvalue weighted by Crippen LogP contribution is 2.42. The van der Waals surface area contributed by atoms with E-state index in [1.54, 1.807) is 19.7 Å². The third-order valence-corrected chi connectivity index (χ3v) is 12.5. The first-order chi connectivity index (χ1) is 22.8. The Hall–Kier alpha value is -2.91. The molecule has 12 nitrogen and oxygen atoms in total. The molecule has 264 valence electrons. The SMILES string of the molecule is CC(C)N(C(=O)c1cc(F)ccc1Oc1cncnc1N1CC[C@@H](CN2CC3(CCN(S(=O)(=O)N4CCC[C@@H](N)C4)CC3)C2)C1)C(C)C. The van der Waals surface area contributed by atoms with Crippen molar-refractivity contribution in [2.75, 3.05) is 63.8 Å². The normalized spacial score (nSPS) is 24.0. The zero-order chi connectivity index (χ0) is 34.2. The molecule has 0 unspecified atom stereocenters. The molecule has 2 aromatic rings. The van der Waals surface area contributed by atoms with Gasteiger partial charge in [0.2, 0.25) is 0 Å².